The first-order chi connectivity index (χ1) is 8.08. The maximum Gasteiger partial charge on any atom is 0.134 e. The number of anilines is 1. The summed E-state index contributed by atoms with van der Waals surface area (Å²) in [4.78, 5) is 0. The van der Waals surface area contributed by atoms with E-state index in [0.29, 0.717) is 25.8 Å². The number of halogens is 2. The van der Waals surface area contributed by atoms with Gasteiger partial charge < -0.3 is 10.8 Å². The highest BCUT2D eigenvalue weighted by Crippen LogP contribution is 2.42. The molecule has 2 nitrogen and oxygen atoms in total. The molecule has 86 valence electrons. The lowest BCUT2D eigenvalue weighted by atomic mass is 10.1. The van der Waals surface area contributed by atoms with E-state index < -0.39 is 0 Å². The number of benzene rings is 2. The molecular formula is C12H7Cl2NOS. The first-order valence-electron chi connectivity index (χ1n) is 4.85. The van der Waals surface area contributed by atoms with Gasteiger partial charge in [-0.05, 0) is 29.0 Å². The van der Waals surface area contributed by atoms with Crippen molar-refractivity contribution < 1.29 is 5.11 Å². The first kappa shape index (κ1) is 11.0. The Bertz CT molecular complexity index is 751. The zero-order valence-corrected chi connectivity index (χ0v) is 10.8. The van der Waals surface area contributed by atoms with Crippen LogP contribution in [0.25, 0.3) is 21.5 Å². The van der Waals surface area contributed by atoms with E-state index in [1.807, 2.05) is 11.4 Å². The molecule has 17 heavy (non-hydrogen) atoms. The number of phenolic OH excluding ortho intramolecular Hbond substituents is 1. The molecule has 3 rings (SSSR count). The third-order valence-electron chi connectivity index (χ3n) is 2.74. The summed E-state index contributed by atoms with van der Waals surface area (Å²) in [6.45, 7) is 0. The van der Waals surface area contributed by atoms with Crippen molar-refractivity contribution in [2.75, 3.05) is 5.73 Å². The van der Waals surface area contributed by atoms with Crippen LogP contribution in [-0.2, 0) is 0 Å². The van der Waals surface area contributed by atoms with Crippen LogP contribution in [0, 0.1) is 0 Å². The van der Waals surface area contributed by atoms with Gasteiger partial charge in [-0.1, -0.05) is 23.2 Å². The predicted octanol–water partition coefficient (Wildman–Crippen LogP) is 4.65. The molecule has 3 aromatic rings. The normalized spacial score (nSPS) is 11.4. The summed E-state index contributed by atoms with van der Waals surface area (Å²) < 4.78 is 0. The summed E-state index contributed by atoms with van der Waals surface area (Å²) in [6, 6.07) is 5.34. The first-order valence-corrected chi connectivity index (χ1v) is 6.49. The second kappa shape index (κ2) is 3.67. The average Bonchev–Trinajstić information content (AvgIpc) is 2.64. The number of hydrogen-bond donors (Lipinski definition) is 2. The number of phenols is 1. The van der Waals surface area contributed by atoms with E-state index in [1.54, 1.807) is 12.1 Å². The van der Waals surface area contributed by atoms with E-state index >= 15 is 0 Å². The van der Waals surface area contributed by atoms with Gasteiger partial charge in [-0.15, -0.1) is 11.3 Å². The minimum absolute atomic E-state index is 0.162. The van der Waals surface area contributed by atoms with Crippen LogP contribution in [0.1, 0.15) is 0 Å². The van der Waals surface area contributed by atoms with Gasteiger partial charge in [-0.3, -0.25) is 0 Å². The van der Waals surface area contributed by atoms with E-state index in [4.69, 9.17) is 28.9 Å². The van der Waals surface area contributed by atoms with Gasteiger partial charge in [0.15, 0.2) is 0 Å². The van der Waals surface area contributed by atoms with Crippen molar-refractivity contribution in [2.24, 2.45) is 0 Å². The minimum Gasteiger partial charge on any atom is -0.507 e. The van der Waals surface area contributed by atoms with Gasteiger partial charge in [0.25, 0.3) is 0 Å². The second-order valence-electron chi connectivity index (χ2n) is 3.78. The number of rotatable bonds is 0. The molecule has 5 heteroatoms. The second-order valence-corrected chi connectivity index (χ2v) is 5.50. The molecule has 0 radical (unpaired) electrons. The number of nitrogen functional groups attached to an aromatic ring is 1. The molecule has 0 atom stereocenters. The van der Waals surface area contributed by atoms with Crippen molar-refractivity contribution in [2.45, 2.75) is 0 Å². The Balaban J connectivity index is 2.57. The van der Waals surface area contributed by atoms with Crippen LogP contribution in [0.5, 0.6) is 5.75 Å². The predicted molar refractivity (Wildman–Crippen MR) is 75.4 cm³/mol. The van der Waals surface area contributed by atoms with Crippen LogP contribution < -0.4 is 5.73 Å². The average molecular weight is 284 g/mol. The maximum absolute atomic E-state index is 10.2. The molecule has 0 saturated carbocycles. The topological polar surface area (TPSA) is 46.2 Å². The lowest BCUT2D eigenvalue weighted by Gasteiger charge is -2.05. The van der Waals surface area contributed by atoms with Crippen molar-refractivity contribution in [3.05, 3.63) is 33.6 Å². The van der Waals surface area contributed by atoms with Crippen molar-refractivity contribution in [1.82, 2.24) is 0 Å². The highest BCUT2D eigenvalue weighted by molar-refractivity contribution is 7.16. The summed E-state index contributed by atoms with van der Waals surface area (Å²) in [7, 11) is 0. The summed E-state index contributed by atoms with van der Waals surface area (Å²) in [6.07, 6.45) is 0. The molecule has 0 aliphatic carbocycles. The molecule has 2 aromatic carbocycles. The molecule has 0 aliphatic heterocycles. The molecular weight excluding hydrogens is 277 g/mol. The van der Waals surface area contributed by atoms with E-state index in [9.17, 15) is 5.11 Å². The van der Waals surface area contributed by atoms with Gasteiger partial charge in [-0.25, -0.2) is 0 Å². The van der Waals surface area contributed by atoms with Crippen LogP contribution in [0.15, 0.2) is 23.6 Å². The zero-order chi connectivity index (χ0) is 12.2. The monoisotopic (exact) mass is 283 g/mol. The Labute approximate surface area is 111 Å². The van der Waals surface area contributed by atoms with Crippen molar-refractivity contribution in [1.29, 1.82) is 0 Å². The van der Waals surface area contributed by atoms with Crippen molar-refractivity contribution >= 4 is 61.1 Å². The Morgan fingerprint density at radius 2 is 1.76 bits per heavy atom. The number of thiophene rings is 1. The van der Waals surface area contributed by atoms with E-state index in [0.717, 1.165) is 10.8 Å². The highest BCUT2D eigenvalue weighted by Gasteiger charge is 2.12. The van der Waals surface area contributed by atoms with Gasteiger partial charge in [0.05, 0.1) is 20.4 Å². The smallest absolute Gasteiger partial charge is 0.134 e. The Hall–Kier alpha value is -1.16. The number of fused-ring (bicyclic) bond motifs is 2. The Morgan fingerprint density at radius 1 is 1.06 bits per heavy atom. The van der Waals surface area contributed by atoms with Crippen LogP contribution in [0.2, 0.25) is 10.0 Å². The largest absolute Gasteiger partial charge is 0.507 e. The summed E-state index contributed by atoms with van der Waals surface area (Å²) in [5.74, 6) is 0.162. The summed E-state index contributed by atoms with van der Waals surface area (Å²) in [5.41, 5.74) is 5.84. The lowest BCUT2D eigenvalue weighted by Crippen LogP contribution is -1.82. The van der Waals surface area contributed by atoms with Gasteiger partial charge in [0, 0.05) is 10.8 Å². The molecule has 0 spiro atoms. The number of hydrogen-bond acceptors (Lipinski definition) is 3. The van der Waals surface area contributed by atoms with Crippen LogP contribution >= 0.6 is 34.5 Å². The molecule has 0 amide bonds. The van der Waals surface area contributed by atoms with Gasteiger partial charge in [-0.2, -0.15) is 0 Å². The molecule has 0 unspecified atom stereocenters. The lowest BCUT2D eigenvalue weighted by molar-refractivity contribution is 0.488. The number of nitrogens with two attached hydrogens (primary N) is 1. The molecule has 0 bridgehead atoms. The van der Waals surface area contributed by atoms with Gasteiger partial charge in [0.1, 0.15) is 5.75 Å². The van der Waals surface area contributed by atoms with E-state index in [2.05, 4.69) is 0 Å². The van der Waals surface area contributed by atoms with Gasteiger partial charge >= 0.3 is 0 Å². The van der Waals surface area contributed by atoms with Crippen molar-refractivity contribution in [3.8, 4) is 5.75 Å². The fourth-order valence-electron chi connectivity index (χ4n) is 1.94. The summed E-state index contributed by atoms with van der Waals surface area (Å²) >= 11 is 13.3. The van der Waals surface area contributed by atoms with E-state index in [-0.39, 0.29) is 5.75 Å². The van der Waals surface area contributed by atoms with Crippen molar-refractivity contribution in [3.63, 3.8) is 0 Å². The number of aromatic hydroxyl groups is 1. The maximum atomic E-state index is 10.2. The molecule has 1 heterocycles. The van der Waals surface area contributed by atoms with Crippen LogP contribution in [-0.4, -0.2) is 5.11 Å². The third kappa shape index (κ3) is 1.54. The Morgan fingerprint density at radius 3 is 2.53 bits per heavy atom. The quantitative estimate of drug-likeness (QED) is 0.631. The molecule has 3 N–H and O–H groups in total. The SMILES string of the molecule is Nc1scc2cc3cc(Cl)c(Cl)cc3c(O)c12. The molecule has 0 fully saturated rings. The minimum atomic E-state index is 0.162. The fourth-order valence-corrected chi connectivity index (χ4v) is 3.04. The highest BCUT2D eigenvalue weighted by atomic mass is 35.5. The molecule has 0 saturated heterocycles. The summed E-state index contributed by atoms with van der Waals surface area (Å²) in [5, 5.41) is 16.7. The fraction of sp³-hybridized carbons (Fsp3) is 0. The standard InChI is InChI=1S/C12H7Cl2NOS/c13-8-2-5-1-6-4-17-12(15)10(6)11(16)7(5)3-9(8)14/h1-4,16H,15H2. The molecule has 0 aliphatic rings. The molecule has 1 aromatic heterocycles. The van der Waals surface area contributed by atoms with Crippen LogP contribution in [0.3, 0.4) is 0 Å². The third-order valence-corrected chi connectivity index (χ3v) is 4.30. The van der Waals surface area contributed by atoms with Gasteiger partial charge in [0.2, 0.25) is 0 Å². The van der Waals surface area contributed by atoms with E-state index in [1.165, 1.54) is 11.3 Å². The van der Waals surface area contributed by atoms with Crippen LogP contribution in [0.4, 0.5) is 5.00 Å². The Kier molecular flexibility index (Phi) is 2.36. The zero-order valence-electron chi connectivity index (χ0n) is 8.50.